The Balaban J connectivity index is 2.86. The van der Waals surface area contributed by atoms with E-state index in [4.69, 9.17) is 14.0 Å². The molecule has 1 unspecified atom stereocenters. The second-order valence-corrected chi connectivity index (χ2v) is 11.8. The van der Waals surface area contributed by atoms with Crippen LogP contribution in [0.1, 0.15) is 67.9 Å². The van der Waals surface area contributed by atoms with Crippen LogP contribution in [0.5, 0.6) is 0 Å². The molecular weight excluding hydrogens is 431 g/mol. The highest BCUT2D eigenvalue weighted by atomic mass is 31.1. The molecule has 0 saturated heterocycles. The molecule has 0 radical (unpaired) electrons. The molecule has 0 aliphatic heterocycles. The van der Waals surface area contributed by atoms with Gasteiger partial charge in [0.25, 0.3) is 0 Å². The Hall–Kier alpha value is -2.18. The Morgan fingerprint density at radius 2 is 1.34 bits per heavy atom. The summed E-state index contributed by atoms with van der Waals surface area (Å²) in [6.07, 6.45) is -0.724. The molecule has 9 heteroatoms. The van der Waals surface area contributed by atoms with Crippen molar-refractivity contribution in [3.63, 3.8) is 0 Å². The fourth-order valence-electron chi connectivity index (χ4n) is 2.51. The maximum atomic E-state index is 12.4. The number of carbonyl (C=O) groups excluding carboxylic acids is 2. The Kier molecular flexibility index (Phi) is 9.66. The van der Waals surface area contributed by atoms with Gasteiger partial charge in [0.15, 0.2) is 0 Å². The van der Waals surface area contributed by atoms with Gasteiger partial charge in [-0.2, -0.15) is 0 Å². The molecule has 0 spiro atoms. The van der Waals surface area contributed by atoms with Crippen molar-refractivity contribution in [1.82, 2.24) is 10.6 Å². The van der Waals surface area contributed by atoms with E-state index in [1.54, 1.807) is 53.7 Å². The third-order valence-corrected chi connectivity index (χ3v) is 5.03. The van der Waals surface area contributed by atoms with E-state index in [1.807, 2.05) is 32.9 Å². The highest BCUT2D eigenvalue weighted by Gasteiger charge is 2.30. The molecule has 0 aliphatic carbocycles. The number of amides is 2. The van der Waals surface area contributed by atoms with Crippen molar-refractivity contribution in [2.45, 2.75) is 91.6 Å². The zero-order valence-electron chi connectivity index (χ0n) is 20.7. The predicted molar refractivity (Wildman–Crippen MR) is 126 cm³/mol. The summed E-state index contributed by atoms with van der Waals surface area (Å²) in [6, 6.07) is 6.69. The molecular formula is C23H38N2O6P+. The summed E-state index contributed by atoms with van der Waals surface area (Å²) in [6.45, 7) is 16.4. The first-order valence-electron chi connectivity index (χ1n) is 10.7. The second-order valence-electron chi connectivity index (χ2n) is 10.6. The first kappa shape index (κ1) is 27.9. The van der Waals surface area contributed by atoms with Gasteiger partial charge in [-0.05, 0) is 91.0 Å². The molecule has 180 valence electrons. The quantitative estimate of drug-likeness (QED) is 0.555. The van der Waals surface area contributed by atoms with Gasteiger partial charge in [-0.1, -0.05) is 12.1 Å². The van der Waals surface area contributed by atoms with Crippen LogP contribution in [0.4, 0.5) is 9.59 Å². The van der Waals surface area contributed by atoms with Crippen LogP contribution in [0.15, 0.2) is 24.3 Å². The standard InChI is InChI=1S/C23H37N2O6P/c1-21(2,3)29-19(26)24-15-17(25-20(27)30-22(4,5)6)14-16-10-12-18(13-11-16)32(28)31-23(7,8)9/h10-13,17H,14-15H2,1-9H3,(H-,24,25,26,27)/p+1/t17-/m0/s1. The molecule has 32 heavy (non-hydrogen) atoms. The number of alkyl carbamates (subject to hydrolysis) is 2. The van der Waals surface area contributed by atoms with Crippen LogP contribution in [-0.2, 0) is 25.0 Å². The highest BCUT2D eigenvalue weighted by molar-refractivity contribution is 7.48. The molecule has 8 nitrogen and oxygen atoms in total. The fourth-order valence-corrected chi connectivity index (χ4v) is 3.50. The van der Waals surface area contributed by atoms with Crippen LogP contribution in [-0.4, -0.2) is 41.6 Å². The molecule has 2 N–H and O–H groups in total. The fraction of sp³-hybridized carbons (Fsp3) is 0.652. The summed E-state index contributed by atoms with van der Waals surface area (Å²) in [5, 5.41) is 6.07. The molecule has 2 amide bonds. The van der Waals surface area contributed by atoms with Gasteiger partial charge in [0, 0.05) is 6.54 Å². The van der Waals surface area contributed by atoms with E-state index >= 15 is 0 Å². The Morgan fingerprint density at radius 3 is 1.81 bits per heavy atom. The number of hydrogen-bond acceptors (Lipinski definition) is 6. The highest BCUT2D eigenvalue weighted by Crippen LogP contribution is 2.29. The van der Waals surface area contributed by atoms with Gasteiger partial charge in [0.2, 0.25) is 5.30 Å². The summed E-state index contributed by atoms with van der Waals surface area (Å²) in [5.41, 5.74) is -0.894. The van der Waals surface area contributed by atoms with E-state index in [0.717, 1.165) is 5.56 Å². The smallest absolute Gasteiger partial charge is 0.444 e. The lowest BCUT2D eigenvalue weighted by molar-refractivity contribution is 0.0463. The largest absolute Gasteiger partial charge is 0.549 e. The van der Waals surface area contributed by atoms with Gasteiger partial charge >= 0.3 is 20.2 Å². The van der Waals surface area contributed by atoms with Crippen molar-refractivity contribution in [1.29, 1.82) is 0 Å². The molecule has 0 aromatic heterocycles. The molecule has 0 heterocycles. The molecule has 1 aromatic carbocycles. The minimum absolute atomic E-state index is 0.150. The predicted octanol–water partition coefficient (Wildman–Crippen LogP) is 4.83. The number of hydrogen-bond donors (Lipinski definition) is 2. The number of benzene rings is 1. The molecule has 0 saturated carbocycles. The Labute approximate surface area is 192 Å². The first-order chi connectivity index (χ1) is 14.4. The lowest BCUT2D eigenvalue weighted by Crippen LogP contribution is -2.47. The van der Waals surface area contributed by atoms with Crippen LogP contribution >= 0.6 is 8.03 Å². The minimum Gasteiger partial charge on any atom is -0.444 e. The van der Waals surface area contributed by atoms with Crippen LogP contribution < -0.4 is 15.9 Å². The monoisotopic (exact) mass is 469 g/mol. The third kappa shape index (κ3) is 12.6. The zero-order valence-corrected chi connectivity index (χ0v) is 21.6. The Morgan fingerprint density at radius 1 is 0.844 bits per heavy atom. The van der Waals surface area contributed by atoms with Crippen molar-refractivity contribution in [3.8, 4) is 0 Å². The third-order valence-electron chi connectivity index (χ3n) is 3.60. The van der Waals surface area contributed by atoms with E-state index in [2.05, 4.69) is 10.6 Å². The van der Waals surface area contributed by atoms with Crippen LogP contribution in [0.25, 0.3) is 0 Å². The molecule has 0 fully saturated rings. The van der Waals surface area contributed by atoms with Crippen molar-refractivity contribution in [2.24, 2.45) is 0 Å². The number of carbonyl (C=O) groups is 2. The van der Waals surface area contributed by atoms with Gasteiger partial charge < -0.3 is 20.1 Å². The van der Waals surface area contributed by atoms with Crippen molar-refractivity contribution in [2.75, 3.05) is 6.54 Å². The van der Waals surface area contributed by atoms with Crippen molar-refractivity contribution >= 4 is 25.5 Å². The van der Waals surface area contributed by atoms with Gasteiger partial charge in [-0.15, -0.1) is 4.52 Å². The number of nitrogens with one attached hydrogen (secondary N) is 2. The molecule has 1 aromatic rings. The van der Waals surface area contributed by atoms with E-state index < -0.39 is 43.1 Å². The van der Waals surface area contributed by atoms with Crippen LogP contribution in [0.2, 0.25) is 0 Å². The van der Waals surface area contributed by atoms with Crippen LogP contribution in [0, 0.1) is 0 Å². The normalized spacial score (nSPS) is 13.7. The summed E-state index contributed by atoms with van der Waals surface area (Å²) >= 11 is 0. The van der Waals surface area contributed by atoms with Crippen molar-refractivity contribution < 1.29 is 28.2 Å². The summed E-state index contributed by atoms with van der Waals surface area (Å²) < 4.78 is 28.5. The van der Waals surface area contributed by atoms with Crippen molar-refractivity contribution in [3.05, 3.63) is 29.8 Å². The average Bonchev–Trinajstić information content (AvgIpc) is 2.55. The van der Waals surface area contributed by atoms with E-state index in [-0.39, 0.29) is 6.54 Å². The Bertz CT molecular complexity index is 789. The van der Waals surface area contributed by atoms with Crippen LogP contribution in [0.3, 0.4) is 0 Å². The number of ether oxygens (including phenoxy) is 2. The average molecular weight is 470 g/mol. The van der Waals surface area contributed by atoms with E-state index in [0.29, 0.717) is 11.7 Å². The molecule has 2 atom stereocenters. The second kappa shape index (κ2) is 11.1. The zero-order chi connectivity index (χ0) is 24.7. The maximum absolute atomic E-state index is 12.4. The molecule has 0 aliphatic rings. The molecule has 0 bridgehead atoms. The SMILES string of the molecule is CC(C)(C)OC(=O)NC[C@H](Cc1ccc([P+](=O)OC(C)(C)C)cc1)NC(=O)OC(C)(C)C. The van der Waals surface area contributed by atoms with Gasteiger partial charge in [0.1, 0.15) is 16.8 Å². The number of rotatable bonds is 7. The maximum Gasteiger partial charge on any atom is 0.549 e. The first-order valence-corrected chi connectivity index (χ1v) is 11.8. The topological polar surface area (TPSA) is 103 Å². The van der Waals surface area contributed by atoms with Gasteiger partial charge in [-0.25, -0.2) is 9.59 Å². The van der Waals surface area contributed by atoms with Gasteiger partial charge in [0.05, 0.1) is 6.04 Å². The summed E-state index contributed by atoms with van der Waals surface area (Å²) in [4.78, 5) is 24.3. The minimum atomic E-state index is -1.97. The van der Waals surface area contributed by atoms with E-state index in [1.165, 1.54) is 0 Å². The lowest BCUT2D eigenvalue weighted by Gasteiger charge is -2.25. The van der Waals surface area contributed by atoms with Gasteiger partial charge in [-0.3, -0.25) is 0 Å². The summed E-state index contributed by atoms with van der Waals surface area (Å²) in [5.74, 6) is 0. The van der Waals surface area contributed by atoms with E-state index in [9.17, 15) is 14.2 Å². The molecule has 1 rings (SSSR count). The lowest BCUT2D eigenvalue weighted by atomic mass is 10.1. The summed E-state index contributed by atoms with van der Waals surface area (Å²) in [7, 11) is -1.97.